The van der Waals surface area contributed by atoms with Gasteiger partial charge in [0.1, 0.15) is 6.54 Å². The summed E-state index contributed by atoms with van der Waals surface area (Å²) in [6.07, 6.45) is -3.17. The van der Waals surface area contributed by atoms with Gasteiger partial charge >= 0.3 is 6.18 Å². The third-order valence-electron chi connectivity index (χ3n) is 3.59. The summed E-state index contributed by atoms with van der Waals surface area (Å²) < 4.78 is 37.8. The first-order valence-corrected chi connectivity index (χ1v) is 7.30. The van der Waals surface area contributed by atoms with E-state index in [2.05, 4.69) is 0 Å². The predicted octanol–water partition coefficient (Wildman–Crippen LogP) is 2.43. The molecule has 1 aliphatic heterocycles. The van der Waals surface area contributed by atoms with Gasteiger partial charge in [0.15, 0.2) is 0 Å². The number of halogens is 3. The van der Waals surface area contributed by atoms with Crippen molar-refractivity contribution in [1.82, 2.24) is 9.80 Å². The quantitative estimate of drug-likeness (QED) is 0.756. The lowest BCUT2D eigenvalue weighted by molar-refractivity contribution is -0.163. The van der Waals surface area contributed by atoms with Gasteiger partial charge in [0.05, 0.1) is 5.92 Å². The molecule has 21 heavy (non-hydrogen) atoms. The van der Waals surface area contributed by atoms with Crippen LogP contribution in [-0.4, -0.2) is 53.5 Å². The van der Waals surface area contributed by atoms with Crippen LogP contribution in [-0.2, 0) is 9.59 Å². The van der Waals surface area contributed by atoms with Crippen LogP contribution in [0.3, 0.4) is 0 Å². The van der Waals surface area contributed by atoms with Crippen molar-refractivity contribution in [3.63, 3.8) is 0 Å². The molecular weight excluding hydrogens is 285 g/mol. The number of unbranched alkanes of at least 4 members (excludes halogenated alkanes) is 1. The average molecular weight is 308 g/mol. The summed E-state index contributed by atoms with van der Waals surface area (Å²) in [5, 5.41) is 0. The van der Waals surface area contributed by atoms with Crippen molar-refractivity contribution in [3.05, 3.63) is 0 Å². The summed E-state index contributed by atoms with van der Waals surface area (Å²) in [5.74, 6) is -1.37. The van der Waals surface area contributed by atoms with Gasteiger partial charge in [0.2, 0.25) is 11.8 Å². The fraction of sp³-hybridized carbons (Fsp3) is 0.857. The molecule has 0 aromatic rings. The van der Waals surface area contributed by atoms with Crippen LogP contribution in [0.15, 0.2) is 0 Å². The summed E-state index contributed by atoms with van der Waals surface area (Å²) in [4.78, 5) is 26.5. The molecule has 1 heterocycles. The number of hydrogen-bond donors (Lipinski definition) is 0. The van der Waals surface area contributed by atoms with Crippen LogP contribution in [0.2, 0.25) is 0 Å². The Kier molecular flexibility index (Phi) is 6.04. The largest absolute Gasteiger partial charge is 0.406 e. The number of alkyl halides is 3. The van der Waals surface area contributed by atoms with Gasteiger partial charge in [-0.3, -0.25) is 9.59 Å². The minimum atomic E-state index is -4.41. The Morgan fingerprint density at radius 3 is 2.48 bits per heavy atom. The van der Waals surface area contributed by atoms with Gasteiger partial charge in [-0.1, -0.05) is 13.3 Å². The highest BCUT2D eigenvalue weighted by Crippen LogP contribution is 2.24. The van der Waals surface area contributed by atoms with E-state index in [-0.39, 0.29) is 31.5 Å². The molecule has 7 heteroatoms. The zero-order valence-corrected chi connectivity index (χ0v) is 12.7. The lowest BCUT2D eigenvalue weighted by Crippen LogP contribution is -2.43. The highest BCUT2D eigenvalue weighted by Gasteiger charge is 2.40. The summed E-state index contributed by atoms with van der Waals surface area (Å²) in [7, 11) is 0. The van der Waals surface area contributed by atoms with Crippen LogP contribution in [0.25, 0.3) is 0 Å². The zero-order chi connectivity index (χ0) is 16.2. The lowest BCUT2D eigenvalue weighted by Gasteiger charge is -2.27. The summed E-state index contributed by atoms with van der Waals surface area (Å²) >= 11 is 0. The Labute approximate surface area is 123 Å². The second-order valence-corrected chi connectivity index (χ2v) is 5.77. The molecule has 1 unspecified atom stereocenters. The summed E-state index contributed by atoms with van der Waals surface area (Å²) in [6.45, 7) is 4.58. The van der Waals surface area contributed by atoms with E-state index in [0.717, 1.165) is 4.90 Å². The van der Waals surface area contributed by atoms with E-state index < -0.39 is 24.5 Å². The number of amides is 2. The maximum Gasteiger partial charge on any atom is 0.406 e. The Morgan fingerprint density at radius 2 is 2.05 bits per heavy atom. The number of carbonyl (C=O) groups excluding carboxylic acids is 2. The van der Waals surface area contributed by atoms with Crippen LogP contribution in [0.1, 0.15) is 40.0 Å². The fourth-order valence-corrected chi connectivity index (χ4v) is 2.49. The average Bonchev–Trinajstić information content (AvgIpc) is 2.74. The van der Waals surface area contributed by atoms with Gasteiger partial charge < -0.3 is 9.80 Å². The highest BCUT2D eigenvalue weighted by atomic mass is 19.4. The van der Waals surface area contributed by atoms with Crippen molar-refractivity contribution in [2.75, 3.05) is 19.6 Å². The van der Waals surface area contributed by atoms with Crippen molar-refractivity contribution in [2.45, 2.75) is 52.3 Å². The van der Waals surface area contributed by atoms with E-state index in [0.29, 0.717) is 12.8 Å². The second kappa shape index (κ2) is 7.13. The first kappa shape index (κ1) is 17.8. The van der Waals surface area contributed by atoms with E-state index in [9.17, 15) is 22.8 Å². The minimum absolute atomic E-state index is 0.0114. The van der Waals surface area contributed by atoms with Crippen LogP contribution < -0.4 is 0 Å². The standard InChI is InChI=1S/C14H23F3N2O2/c1-4-5-6-18(9-14(15,16)17)13(21)11-7-12(20)19(8-11)10(2)3/h10-11H,4-9H2,1-3H3. The van der Waals surface area contributed by atoms with Crippen LogP contribution in [0.5, 0.6) is 0 Å². The number of nitrogens with zero attached hydrogens (tertiary/aromatic N) is 2. The Hall–Kier alpha value is -1.27. The van der Waals surface area contributed by atoms with Gasteiger partial charge in [0.25, 0.3) is 0 Å². The summed E-state index contributed by atoms with van der Waals surface area (Å²) in [6, 6.07) is -0.0398. The van der Waals surface area contributed by atoms with Gasteiger partial charge in [0, 0.05) is 25.6 Å². The van der Waals surface area contributed by atoms with Crippen molar-refractivity contribution in [3.8, 4) is 0 Å². The number of carbonyl (C=O) groups is 2. The maximum absolute atomic E-state index is 12.6. The summed E-state index contributed by atoms with van der Waals surface area (Å²) in [5.41, 5.74) is 0. The Morgan fingerprint density at radius 1 is 1.43 bits per heavy atom. The normalized spacial score (nSPS) is 19.5. The van der Waals surface area contributed by atoms with Crippen LogP contribution in [0.4, 0.5) is 13.2 Å². The Balaban J connectivity index is 2.74. The van der Waals surface area contributed by atoms with Gasteiger partial charge in [-0.05, 0) is 20.3 Å². The molecule has 1 rings (SSSR count). The molecule has 1 aliphatic rings. The number of likely N-dealkylation sites (tertiary alicyclic amines) is 1. The molecule has 0 bridgehead atoms. The molecule has 4 nitrogen and oxygen atoms in total. The van der Waals surface area contributed by atoms with E-state index in [1.165, 1.54) is 0 Å². The van der Waals surface area contributed by atoms with Crippen molar-refractivity contribution in [2.24, 2.45) is 5.92 Å². The molecule has 0 spiro atoms. The smallest absolute Gasteiger partial charge is 0.339 e. The first-order chi connectivity index (χ1) is 9.65. The maximum atomic E-state index is 12.6. The Bertz CT molecular complexity index is 383. The van der Waals surface area contributed by atoms with Crippen molar-refractivity contribution < 1.29 is 22.8 Å². The third-order valence-corrected chi connectivity index (χ3v) is 3.59. The molecule has 1 fully saturated rings. The zero-order valence-electron chi connectivity index (χ0n) is 12.7. The minimum Gasteiger partial charge on any atom is -0.339 e. The lowest BCUT2D eigenvalue weighted by atomic mass is 10.1. The van der Waals surface area contributed by atoms with E-state index in [1.807, 2.05) is 20.8 Å². The fourth-order valence-electron chi connectivity index (χ4n) is 2.49. The third kappa shape index (κ3) is 5.21. The van der Waals surface area contributed by atoms with Gasteiger partial charge in [-0.15, -0.1) is 0 Å². The molecule has 0 radical (unpaired) electrons. The molecule has 0 aromatic carbocycles. The molecule has 1 atom stereocenters. The molecular formula is C14H23F3N2O2. The number of rotatable bonds is 6. The molecule has 0 saturated carbocycles. The first-order valence-electron chi connectivity index (χ1n) is 7.30. The monoisotopic (exact) mass is 308 g/mol. The van der Waals surface area contributed by atoms with Gasteiger partial charge in [-0.25, -0.2) is 0 Å². The molecule has 122 valence electrons. The van der Waals surface area contributed by atoms with E-state index in [1.54, 1.807) is 4.90 Å². The molecule has 2 amide bonds. The molecule has 1 saturated heterocycles. The van der Waals surface area contributed by atoms with Crippen LogP contribution >= 0.6 is 0 Å². The molecule has 0 aromatic heterocycles. The number of hydrogen-bond acceptors (Lipinski definition) is 2. The molecule has 0 N–H and O–H groups in total. The van der Waals surface area contributed by atoms with E-state index in [4.69, 9.17) is 0 Å². The van der Waals surface area contributed by atoms with E-state index >= 15 is 0 Å². The molecule has 0 aliphatic carbocycles. The second-order valence-electron chi connectivity index (χ2n) is 5.77. The highest BCUT2D eigenvalue weighted by molar-refractivity contribution is 5.89. The topological polar surface area (TPSA) is 40.6 Å². The van der Waals surface area contributed by atoms with Gasteiger partial charge in [-0.2, -0.15) is 13.2 Å². The SMILES string of the molecule is CCCCN(CC(F)(F)F)C(=O)C1CC(=O)N(C(C)C)C1. The van der Waals surface area contributed by atoms with Crippen molar-refractivity contribution in [1.29, 1.82) is 0 Å². The van der Waals surface area contributed by atoms with Crippen molar-refractivity contribution >= 4 is 11.8 Å². The predicted molar refractivity (Wildman–Crippen MR) is 72.5 cm³/mol. The van der Waals surface area contributed by atoms with Crippen LogP contribution in [0, 0.1) is 5.92 Å².